The minimum absolute atomic E-state index is 0.115. The maximum absolute atomic E-state index is 11.7. The van der Waals surface area contributed by atoms with Gasteiger partial charge in [0.2, 0.25) is 5.79 Å². The molecule has 1 aliphatic carbocycles. The molecule has 0 radical (unpaired) electrons. The molecule has 152 valence electrons. The third-order valence-corrected chi connectivity index (χ3v) is 5.16. The predicted octanol–water partition coefficient (Wildman–Crippen LogP) is 3.40. The number of hydrogen-bond acceptors (Lipinski definition) is 6. The summed E-state index contributed by atoms with van der Waals surface area (Å²) in [6, 6.07) is 8.03. The molecule has 1 spiro atoms. The highest BCUT2D eigenvalue weighted by molar-refractivity contribution is 5.76. The number of carboxylic acids is 1. The molecule has 2 aliphatic rings. The van der Waals surface area contributed by atoms with Gasteiger partial charge in [-0.25, -0.2) is 9.78 Å². The molecule has 1 aromatic rings. The molecule has 2 fully saturated rings. The second-order valence-corrected chi connectivity index (χ2v) is 7.36. The third-order valence-electron chi connectivity index (χ3n) is 5.16. The summed E-state index contributed by atoms with van der Waals surface area (Å²) < 4.78 is 11.3. The van der Waals surface area contributed by atoms with Crippen LogP contribution in [0.2, 0.25) is 0 Å². The van der Waals surface area contributed by atoms with Crippen LogP contribution in [-0.4, -0.2) is 41.6 Å². The minimum Gasteiger partial charge on any atom is -0.481 e. The van der Waals surface area contributed by atoms with E-state index in [1.165, 1.54) is 5.56 Å². The summed E-state index contributed by atoms with van der Waals surface area (Å²) in [6.07, 6.45) is 1.26. The van der Waals surface area contributed by atoms with Crippen molar-refractivity contribution in [1.82, 2.24) is 0 Å². The molecule has 1 saturated heterocycles. The maximum atomic E-state index is 11.7. The molecule has 1 unspecified atom stereocenters. The van der Waals surface area contributed by atoms with Crippen LogP contribution in [0.15, 0.2) is 30.8 Å². The molecule has 3 rings (SSSR count). The first-order chi connectivity index (χ1) is 13.4. The number of rotatable bonds is 6. The Hall–Kier alpha value is -2.22. The zero-order valence-corrected chi connectivity index (χ0v) is 16.0. The number of esters is 1. The average molecular weight is 390 g/mol. The number of ether oxygens (including phenoxy) is 2. The van der Waals surface area contributed by atoms with Crippen LogP contribution in [0.1, 0.15) is 49.7 Å². The molecule has 1 saturated carbocycles. The molecule has 7 nitrogen and oxygen atoms in total. The van der Waals surface area contributed by atoms with E-state index < -0.39 is 17.7 Å². The molecular formula is C21H26O7. The Morgan fingerprint density at radius 1 is 1.21 bits per heavy atom. The summed E-state index contributed by atoms with van der Waals surface area (Å²) in [7, 11) is 0. The van der Waals surface area contributed by atoms with Gasteiger partial charge in [-0.05, 0) is 30.9 Å². The first-order valence-electron chi connectivity index (χ1n) is 9.52. The van der Waals surface area contributed by atoms with Crippen LogP contribution in [0.25, 0.3) is 5.57 Å². The van der Waals surface area contributed by atoms with Gasteiger partial charge in [0.15, 0.2) is 0 Å². The standard InChI is InChI=1S/C21H26O7/c1-14-3-5-16(6-4-14)15(2)18-13-25-21(28-27-18)11-9-17(10-12-21)26-20(24)8-7-19(22)23/h3-6,17-18H,2,7-13H2,1H3,(H,22,23). The number of aliphatic carboxylic acids is 1. The van der Waals surface area contributed by atoms with Crippen molar-refractivity contribution in [2.24, 2.45) is 0 Å². The summed E-state index contributed by atoms with van der Waals surface area (Å²) in [5, 5.41) is 8.62. The molecular weight excluding hydrogens is 364 g/mol. The van der Waals surface area contributed by atoms with Crippen molar-refractivity contribution in [2.75, 3.05) is 6.61 Å². The quantitative estimate of drug-likeness (QED) is 0.588. The van der Waals surface area contributed by atoms with Gasteiger partial charge in [0, 0.05) is 12.8 Å². The summed E-state index contributed by atoms with van der Waals surface area (Å²) >= 11 is 0. The predicted molar refractivity (Wildman–Crippen MR) is 100 cm³/mol. The molecule has 1 aromatic carbocycles. The number of aryl methyl sites for hydroxylation is 1. The van der Waals surface area contributed by atoms with E-state index in [0.717, 1.165) is 11.1 Å². The molecule has 1 heterocycles. The van der Waals surface area contributed by atoms with Crippen LogP contribution in [0.5, 0.6) is 0 Å². The smallest absolute Gasteiger partial charge is 0.306 e. The summed E-state index contributed by atoms with van der Waals surface area (Å²) in [5.74, 6) is -2.32. The SMILES string of the molecule is C=C(c1ccc(C)cc1)C1COC2(CCC(OC(=O)CCC(=O)O)CC2)OO1. The van der Waals surface area contributed by atoms with Crippen LogP contribution >= 0.6 is 0 Å². The first kappa shape index (κ1) is 20.5. The first-order valence-corrected chi connectivity index (χ1v) is 9.52. The van der Waals surface area contributed by atoms with E-state index in [-0.39, 0.29) is 25.0 Å². The monoisotopic (exact) mass is 390 g/mol. The highest BCUT2D eigenvalue weighted by atomic mass is 17.2. The average Bonchev–Trinajstić information content (AvgIpc) is 2.69. The normalized spacial score (nSPS) is 27.3. The highest BCUT2D eigenvalue weighted by Gasteiger charge is 2.44. The van der Waals surface area contributed by atoms with E-state index in [1.54, 1.807) is 0 Å². The molecule has 1 N–H and O–H groups in total. The molecule has 1 atom stereocenters. The van der Waals surface area contributed by atoms with E-state index in [1.807, 2.05) is 31.2 Å². The number of carbonyl (C=O) groups is 2. The lowest BCUT2D eigenvalue weighted by molar-refractivity contribution is -0.484. The summed E-state index contributed by atoms with van der Waals surface area (Å²) in [4.78, 5) is 33.4. The molecule has 0 amide bonds. The van der Waals surface area contributed by atoms with Gasteiger partial charge in [-0.1, -0.05) is 36.4 Å². The molecule has 28 heavy (non-hydrogen) atoms. The Morgan fingerprint density at radius 3 is 2.46 bits per heavy atom. The van der Waals surface area contributed by atoms with Crippen LogP contribution in [-0.2, 0) is 28.8 Å². The highest BCUT2D eigenvalue weighted by Crippen LogP contribution is 2.38. The Morgan fingerprint density at radius 2 is 1.89 bits per heavy atom. The number of carbonyl (C=O) groups excluding carboxylic acids is 1. The lowest BCUT2D eigenvalue weighted by atomic mass is 9.91. The lowest BCUT2D eigenvalue weighted by Crippen LogP contribution is -2.48. The van der Waals surface area contributed by atoms with Crippen LogP contribution in [0.4, 0.5) is 0 Å². The second-order valence-electron chi connectivity index (χ2n) is 7.36. The van der Waals surface area contributed by atoms with Gasteiger partial charge in [0.25, 0.3) is 0 Å². The summed E-state index contributed by atoms with van der Waals surface area (Å²) in [6.45, 7) is 6.47. The van der Waals surface area contributed by atoms with Crippen molar-refractivity contribution in [2.45, 2.75) is 63.4 Å². The van der Waals surface area contributed by atoms with E-state index >= 15 is 0 Å². The zero-order chi connectivity index (χ0) is 20.1. The van der Waals surface area contributed by atoms with Crippen molar-refractivity contribution in [3.05, 3.63) is 42.0 Å². The number of carboxylic acid groups (broad SMARTS) is 1. The molecule has 7 heteroatoms. The third kappa shape index (κ3) is 5.19. The van der Waals surface area contributed by atoms with Gasteiger partial charge in [-0.3, -0.25) is 9.59 Å². The van der Waals surface area contributed by atoms with Gasteiger partial charge in [0.1, 0.15) is 12.2 Å². The van der Waals surface area contributed by atoms with Crippen molar-refractivity contribution in [3.8, 4) is 0 Å². The maximum Gasteiger partial charge on any atom is 0.306 e. The van der Waals surface area contributed by atoms with Crippen molar-refractivity contribution in [3.63, 3.8) is 0 Å². The number of benzene rings is 1. The second kappa shape index (κ2) is 8.86. The van der Waals surface area contributed by atoms with E-state index in [4.69, 9.17) is 24.4 Å². The van der Waals surface area contributed by atoms with Crippen LogP contribution < -0.4 is 0 Å². The molecule has 1 aliphatic heterocycles. The van der Waals surface area contributed by atoms with Gasteiger partial charge < -0.3 is 14.6 Å². The Labute approximate surface area is 164 Å². The largest absolute Gasteiger partial charge is 0.481 e. The summed E-state index contributed by atoms with van der Waals surface area (Å²) in [5.41, 5.74) is 2.96. The van der Waals surface area contributed by atoms with Crippen molar-refractivity contribution >= 4 is 17.5 Å². The molecule has 0 aromatic heterocycles. The fraction of sp³-hybridized carbons (Fsp3) is 0.524. The Kier molecular flexibility index (Phi) is 6.49. The fourth-order valence-electron chi connectivity index (χ4n) is 3.37. The van der Waals surface area contributed by atoms with Crippen molar-refractivity contribution in [1.29, 1.82) is 0 Å². The van der Waals surface area contributed by atoms with Crippen LogP contribution in [0, 0.1) is 6.92 Å². The van der Waals surface area contributed by atoms with E-state index in [9.17, 15) is 9.59 Å². The van der Waals surface area contributed by atoms with Gasteiger partial charge in [-0.15, -0.1) is 0 Å². The van der Waals surface area contributed by atoms with E-state index in [2.05, 4.69) is 6.58 Å². The van der Waals surface area contributed by atoms with Gasteiger partial charge in [0.05, 0.1) is 19.4 Å². The lowest BCUT2D eigenvalue weighted by Gasteiger charge is -2.42. The zero-order valence-electron chi connectivity index (χ0n) is 16.0. The minimum atomic E-state index is -1.01. The Bertz CT molecular complexity index is 707. The van der Waals surface area contributed by atoms with Gasteiger partial charge in [-0.2, -0.15) is 0 Å². The van der Waals surface area contributed by atoms with Gasteiger partial charge >= 0.3 is 11.9 Å². The van der Waals surface area contributed by atoms with E-state index in [0.29, 0.717) is 32.3 Å². The Balaban J connectivity index is 1.45. The number of hydrogen-bond donors (Lipinski definition) is 1. The topological polar surface area (TPSA) is 91.3 Å². The fourth-order valence-corrected chi connectivity index (χ4v) is 3.37. The van der Waals surface area contributed by atoms with Crippen molar-refractivity contribution < 1.29 is 33.9 Å². The molecule has 0 bridgehead atoms. The van der Waals surface area contributed by atoms with Crippen LogP contribution in [0.3, 0.4) is 0 Å².